The predicted molar refractivity (Wildman–Crippen MR) is 108 cm³/mol. The lowest BCUT2D eigenvalue weighted by molar-refractivity contribution is -0.137. The molecule has 7 nitrogen and oxygen atoms in total. The van der Waals surface area contributed by atoms with Crippen LogP contribution in [0.3, 0.4) is 0 Å². The summed E-state index contributed by atoms with van der Waals surface area (Å²) in [6.07, 6.45) is 2.44. The highest BCUT2D eigenvalue weighted by molar-refractivity contribution is 6.04. The van der Waals surface area contributed by atoms with E-state index in [1.165, 1.54) is 0 Å². The van der Waals surface area contributed by atoms with Crippen LogP contribution in [-0.4, -0.2) is 42.9 Å². The second-order valence-electron chi connectivity index (χ2n) is 6.78. The van der Waals surface area contributed by atoms with Gasteiger partial charge in [-0.3, -0.25) is 9.59 Å². The molecule has 3 rings (SSSR count). The number of hydrogen-bond acceptors (Lipinski definition) is 5. The summed E-state index contributed by atoms with van der Waals surface area (Å²) in [6, 6.07) is 14.0. The van der Waals surface area contributed by atoms with E-state index in [0.29, 0.717) is 30.0 Å². The first-order valence-corrected chi connectivity index (χ1v) is 9.70. The van der Waals surface area contributed by atoms with Gasteiger partial charge in [0.05, 0.1) is 19.8 Å². The number of anilines is 1. The molecule has 0 aromatic heterocycles. The van der Waals surface area contributed by atoms with Crippen LogP contribution in [0.15, 0.2) is 48.5 Å². The molecule has 0 atom stereocenters. The van der Waals surface area contributed by atoms with E-state index in [2.05, 4.69) is 5.32 Å². The Morgan fingerprint density at radius 2 is 1.66 bits per heavy atom. The molecule has 29 heavy (non-hydrogen) atoms. The molecule has 1 heterocycles. The zero-order valence-electron chi connectivity index (χ0n) is 16.1. The zero-order chi connectivity index (χ0) is 20.5. The van der Waals surface area contributed by atoms with Gasteiger partial charge < -0.3 is 24.6 Å². The third kappa shape index (κ3) is 6.80. The molecule has 154 valence electrons. The second kappa shape index (κ2) is 10.5. The molecule has 0 bridgehead atoms. The normalized spacial score (nSPS) is 14.2. The van der Waals surface area contributed by atoms with Crippen molar-refractivity contribution in [2.75, 3.05) is 25.1 Å². The molecule has 2 aromatic carbocycles. The van der Waals surface area contributed by atoms with E-state index in [1.807, 2.05) is 0 Å². The SMILES string of the molecule is O=C(O)CCCOc1ccc(NC(=O)c2ccc(OC3CCOCC3)cc2)cc1. The zero-order valence-corrected chi connectivity index (χ0v) is 16.1. The molecule has 0 radical (unpaired) electrons. The summed E-state index contributed by atoms with van der Waals surface area (Å²) in [6.45, 7) is 1.77. The lowest BCUT2D eigenvalue weighted by Crippen LogP contribution is -2.25. The van der Waals surface area contributed by atoms with Gasteiger partial charge in [0, 0.05) is 30.5 Å². The Morgan fingerprint density at radius 1 is 1.00 bits per heavy atom. The Kier molecular flexibility index (Phi) is 7.47. The van der Waals surface area contributed by atoms with E-state index in [-0.39, 0.29) is 18.4 Å². The Labute approximate surface area is 169 Å². The molecule has 0 spiro atoms. The van der Waals surface area contributed by atoms with Crippen molar-refractivity contribution in [1.29, 1.82) is 0 Å². The minimum absolute atomic E-state index is 0.0764. The lowest BCUT2D eigenvalue weighted by atomic mass is 10.1. The van der Waals surface area contributed by atoms with E-state index in [4.69, 9.17) is 19.3 Å². The standard InChI is InChI=1S/C22H25NO6/c24-21(25)2-1-13-28-18-9-5-17(6-10-18)23-22(26)16-3-7-19(8-4-16)29-20-11-14-27-15-12-20/h3-10,20H,1-2,11-15H2,(H,23,26)(H,24,25). The van der Waals surface area contributed by atoms with Gasteiger partial charge in [0.25, 0.3) is 5.91 Å². The number of ether oxygens (including phenoxy) is 3. The van der Waals surface area contributed by atoms with Crippen molar-refractivity contribution < 1.29 is 28.9 Å². The molecule has 1 saturated heterocycles. The monoisotopic (exact) mass is 399 g/mol. The summed E-state index contributed by atoms with van der Waals surface area (Å²) >= 11 is 0. The molecule has 1 amide bonds. The molecule has 1 fully saturated rings. The number of carboxylic acid groups (broad SMARTS) is 1. The van der Waals surface area contributed by atoms with Gasteiger partial charge in [0.15, 0.2) is 0 Å². The van der Waals surface area contributed by atoms with Crippen LogP contribution in [0, 0.1) is 0 Å². The van der Waals surface area contributed by atoms with Gasteiger partial charge in [-0.25, -0.2) is 0 Å². The highest BCUT2D eigenvalue weighted by Crippen LogP contribution is 2.20. The van der Waals surface area contributed by atoms with Crippen LogP contribution in [0.4, 0.5) is 5.69 Å². The Morgan fingerprint density at radius 3 is 2.31 bits per heavy atom. The van der Waals surface area contributed by atoms with Crippen molar-refractivity contribution in [2.24, 2.45) is 0 Å². The van der Waals surface area contributed by atoms with Crippen molar-refractivity contribution in [3.8, 4) is 11.5 Å². The maximum atomic E-state index is 12.4. The maximum Gasteiger partial charge on any atom is 0.303 e. The van der Waals surface area contributed by atoms with Crippen molar-refractivity contribution in [3.05, 3.63) is 54.1 Å². The van der Waals surface area contributed by atoms with Crippen LogP contribution in [-0.2, 0) is 9.53 Å². The largest absolute Gasteiger partial charge is 0.494 e. The quantitative estimate of drug-likeness (QED) is 0.624. The van der Waals surface area contributed by atoms with Gasteiger partial charge in [-0.2, -0.15) is 0 Å². The average molecular weight is 399 g/mol. The van der Waals surface area contributed by atoms with E-state index in [1.54, 1.807) is 48.5 Å². The fourth-order valence-corrected chi connectivity index (χ4v) is 2.92. The smallest absolute Gasteiger partial charge is 0.303 e. The number of nitrogens with one attached hydrogen (secondary N) is 1. The molecular formula is C22H25NO6. The first-order chi connectivity index (χ1) is 14.1. The number of aliphatic carboxylic acids is 1. The number of carbonyl (C=O) groups is 2. The minimum Gasteiger partial charge on any atom is -0.494 e. The predicted octanol–water partition coefficient (Wildman–Crippen LogP) is 3.74. The van der Waals surface area contributed by atoms with E-state index >= 15 is 0 Å². The summed E-state index contributed by atoms with van der Waals surface area (Å²) in [7, 11) is 0. The fraction of sp³-hybridized carbons (Fsp3) is 0.364. The van der Waals surface area contributed by atoms with Crippen molar-refractivity contribution >= 4 is 17.6 Å². The number of benzene rings is 2. The third-order valence-corrected chi connectivity index (χ3v) is 4.50. The van der Waals surface area contributed by atoms with Crippen LogP contribution in [0.5, 0.6) is 11.5 Å². The van der Waals surface area contributed by atoms with Crippen LogP contribution in [0.2, 0.25) is 0 Å². The second-order valence-corrected chi connectivity index (χ2v) is 6.78. The first-order valence-electron chi connectivity index (χ1n) is 9.70. The van der Waals surface area contributed by atoms with Crippen molar-refractivity contribution in [1.82, 2.24) is 0 Å². The van der Waals surface area contributed by atoms with Gasteiger partial charge in [-0.15, -0.1) is 0 Å². The highest BCUT2D eigenvalue weighted by atomic mass is 16.5. The van der Waals surface area contributed by atoms with Crippen LogP contribution in [0.25, 0.3) is 0 Å². The van der Waals surface area contributed by atoms with Gasteiger partial charge in [-0.1, -0.05) is 0 Å². The Balaban J connectivity index is 1.47. The Hall–Kier alpha value is -3.06. The molecule has 7 heteroatoms. The number of amides is 1. The topological polar surface area (TPSA) is 94.1 Å². The Bertz CT molecular complexity index is 797. The van der Waals surface area contributed by atoms with E-state index in [9.17, 15) is 9.59 Å². The van der Waals surface area contributed by atoms with Gasteiger partial charge >= 0.3 is 5.97 Å². The third-order valence-electron chi connectivity index (χ3n) is 4.50. The first kappa shape index (κ1) is 20.7. The molecule has 1 aliphatic heterocycles. The highest BCUT2D eigenvalue weighted by Gasteiger charge is 2.15. The van der Waals surface area contributed by atoms with Crippen molar-refractivity contribution in [2.45, 2.75) is 31.8 Å². The molecule has 1 aliphatic rings. The van der Waals surface area contributed by atoms with Gasteiger partial charge in [-0.05, 0) is 55.0 Å². The van der Waals surface area contributed by atoms with Crippen LogP contribution >= 0.6 is 0 Å². The minimum atomic E-state index is -0.838. The summed E-state index contributed by atoms with van der Waals surface area (Å²) in [5, 5.41) is 11.4. The van der Waals surface area contributed by atoms with Crippen LogP contribution < -0.4 is 14.8 Å². The van der Waals surface area contributed by atoms with Gasteiger partial charge in [0.1, 0.15) is 17.6 Å². The van der Waals surface area contributed by atoms with Crippen LogP contribution in [0.1, 0.15) is 36.0 Å². The van der Waals surface area contributed by atoms with E-state index in [0.717, 1.165) is 31.8 Å². The summed E-state index contributed by atoms with van der Waals surface area (Å²) in [5.74, 6) is 0.327. The molecule has 2 N–H and O–H groups in total. The molecular weight excluding hydrogens is 374 g/mol. The number of rotatable bonds is 9. The molecule has 0 unspecified atom stereocenters. The number of hydrogen-bond donors (Lipinski definition) is 2. The average Bonchev–Trinajstić information content (AvgIpc) is 2.73. The fourth-order valence-electron chi connectivity index (χ4n) is 2.92. The molecule has 0 aliphatic carbocycles. The summed E-state index contributed by atoms with van der Waals surface area (Å²) in [5.41, 5.74) is 1.19. The summed E-state index contributed by atoms with van der Waals surface area (Å²) < 4.78 is 16.7. The molecule has 2 aromatic rings. The maximum absolute atomic E-state index is 12.4. The number of carboxylic acids is 1. The van der Waals surface area contributed by atoms with E-state index < -0.39 is 5.97 Å². The number of carbonyl (C=O) groups excluding carboxylic acids is 1. The van der Waals surface area contributed by atoms with Crippen molar-refractivity contribution in [3.63, 3.8) is 0 Å². The molecule has 0 saturated carbocycles. The summed E-state index contributed by atoms with van der Waals surface area (Å²) in [4.78, 5) is 22.9. The van der Waals surface area contributed by atoms with Gasteiger partial charge in [0.2, 0.25) is 0 Å². The lowest BCUT2D eigenvalue weighted by Gasteiger charge is -2.23.